The van der Waals surface area contributed by atoms with Crippen molar-refractivity contribution in [3.05, 3.63) is 0 Å². The number of hydrogen-bond acceptors (Lipinski definition) is 3. The average molecular weight is 241 g/mol. The van der Waals surface area contributed by atoms with Gasteiger partial charge in [0.1, 0.15) is 0 Å². The number of rotatable bonds is 5. The molecular formula is C12H23N3O2. The lowest BCUT2D eigenvalue weighted by molar-refractivity contribution is -0.141. The van der Waals surface area contributed by atoms with Crippen molar-refractivity contribution in [2.75, 3.05) is 19.6 Å². The van der Waals surface area contributed by atoms with E-state index in [1.807, 2.05) is 20.8 Å². The number of carbonyl (C=O) groups is 2. The van der Waals surface area contributed by atoms with Crippen LogP contribution in [0.5, 0.6) is 0 Å². The normalized spacial score (nSPS) is 21.5. The van der Waals surface area contributed by atoms with Crippen LogP contribution >= 0.6 is 0 Å². The Balaban J connectivity index is 2.74. The molecule has 0 radical (unpaired) electrons. The molecule has 0 saturated carbocycles. The first-order chi connectivity index (χ1) is 7.93. The zero-order valence-electron chi connectivity index (χ0n) is 10.9. The van der Waals surface area contributed by atoms with Crippen LogP contribution in [0.3, 0.4) is 0 Å². The van der Waals surface area contributed by atoms with Gasteiger partial charge in [0.2, 0.25) is 11.8 Å². The summed E-state index contributed by atoms with van der Waals surface area (Å²) in [6.07, 6.45) is 0.893. The number of hydrogen-bond donors (Lipinski definition) is 2. The fourth-order valence-corrected chi connectivity index (χ4v) is 2.01. The maximum absolute atomic E-state index is 12.3. The number of carbonyl (C=O) groups excluding carboxylic acids is 2. The predicted molar refractivity (Wildman–Crippen MR) is 66.2 cm³/mol. The molecule has 1 aliphatic heterocycles. The third-order valence-electron chi connectivity index (χ3n) is 3.47. The lowest BCUT2D eigenvalue weighted by Gasteiger charge is -2.31. The van der Waals surface area contributed by atoms with Crippen LogP contribution in [0.4, 0.5) is 0 Å². The van der Waals surface area contributed by atoms with E-state index in [4.69, 9.17) is 5.73 Å². The van der Waals surface area contributed by atoms with Crippen molar-refractivity contribution in [1.29, 1.82) is 0 Å². The lowest BCUT2D eigenvalue weighted by atomic mass is 9.95. The highest BCUT2D eigenvalue weighted by Crippen LogP contribution is 2.17. The van der Waals surface area contributed by atoms with Crippen molar-refractivity contribution in [2.45, 2.75) is 33.2 Å². The molecule has 5 heteroatoms. The molecule has 0 aromatic carbocycles. The van der Waals surface area contributed by atoms with Crippen molar-refractivity contribution in [1.82, 2.24) is 10.2 Å². The molecular weight excluding hydrogens is 218 g/mol. The van der Waals surface area contributed by atoms with Crippen molar-refractivity contribution in [2.24, 2.45) is 17.6 Å². The van der Waals surface area contributed by atoms with E-state index in [0.717, 1.165) is 19.5 Å². The van der Waals surface area contributed by atoms with Gasteiger partial charge in [-0.3, -0.25) is 9.59 Å². The number of nitrogens with zero attached hydrogens (tertiary/aromatic N) is 1. The third-order valence-corrected chi connectivity index (χ3v) is 3.47. The molecule has 0 bridgehead atoms. The number of primary amides is 1. The summed E-state index contributed by atoms with van der Waals surface area (Å²) < 4.78 is 0. The summed E-state index contributed by atoms with van der Waals surface area (Å²) in [5.41, 5.74) is 5.22. The van der Waals surface area contributed by atoms with Crippen LogP contribution < -0.4 is 11.1 Å². The topological polar surface area (TPSA) is 75.4 Å². The quantitative estimate of drug-likeness (QED) is 0.709. The fourth-order valence-electron chi connectivity index (χ4n) is 2.01. The molecule has 17 heavy (non-hydrogen) atoms. The van der Waals surface area contributed by atoms with Gasteiger partial charge in [-0.25, -0.2) is 0 Å². The fraction of sp³-hybridized carbons (Fsp3) is 0.833. The van der Waals surface area contributed by atoms with Crippen LogP contribution in [-0.4, -0.2) is 42.4 Å². The zero-order chi connectivity index (χ0) is 13.0. The standard InChI is InChI=1S/C12H23N3O2/c1-8(2)9(3)12(17)15(7-11(13)16)10-4-5-14-6-10/h8-10,14H,4-7H2,1-3H3,(H2,13,16). The molecule has 2 unspecified atom stereocenters. The number of nitrogens with two attached hydrogens (primary N) is 1. The molecule has 98 valence electrons. The van der Waals surface area contributed by atoms with Crippen LogP contribution in [0.15, 0.2) is 0 Å². The molecule has 1 heterocycles. The van der Waals surface area contributed by atoms with Crippen LogP contribution in [0.2, 0.25) is 0 Å². The predicted octanol–water partition coefficient (Wildman–Crippen LogP) is -0.0457. The first-order valence-corrected chi connectivity index (χ1v) is 6.23. The molecule has 1 aliphatic rings. The highest BCUT2D eigenvalue weighted by molar-refractivity contribution is 5.85. The van der Waals surface area contributed by atoms with Gasteiger partial charge in [0.25, 0.3) is 0 Å². The van der Waals surface area contributed by atoms with Gasteiger partial charge in [-0.1, -0.05) is 20.8 Å². The van der Waals surface area contributed by atoms with Crippen LogP contribution in [-0.2, 0) is 9.59 Å². The Labute approximate surface area is 103 Å². The summed E-state index contributed by atoms with van der Waals surface area (Å²) in [4.78, 5) is 25.0. The minimum Gasteiger partial charge on any atom is -0.368 e. The highest BCUT2D eigenvalue weighted by Gasteiger charge is 2.31. The minimum atomic E-state index is -0.443. The van der Waals surface area contributed by atoms with Gasteiger partial charge in [-0.05, 0) is 18.9 Å². The summed E-state index contributed by atoms with van der Waals surface area (Å²) in [5, 5.41) is 3.20. The van der Waals surface area contributed by atoms with E-state index in [-0.39, 0.29) is 30.3 Å². The minimum absolute atomic E-state index is 0.0300. The second kappa shape index (κ2) is 6.00. The van der Waals surface area contributed by atoms with Crippen molar-refractivity contribution in [3.8, 4) is 0 Å². The lowest BCUT2D eigenvalue weighted by Crippen LogP contribution is -2.48. The Kier molecular flexibility index (Phi) is 4.93. The van der Waals surface area contributed by atoms with Gasteiger partial charge in [-0.2, -0.15) is 0 Å². The SMILES string of the molecule is CC(C)C(C)C(=O)N(CC(N)=O)C1CCNC1. The molecule has 2 atom stereocenters. The van der Waals surface area contributed by atoms with E-state index in [1.165, 1.54) is 0 Å². The van der Waals surface area contributed by atoms with Crippen LogP contribution in [0.25, 0.3) is 0 Å². The van der Waals surface area contributed by atoms with Gasteiger partial charge in [0, 0.05) is 18.5 Å². The molecule has 1 fully saturated rings. The Morgan fingerprint density at radius 2 is 2.06 bits per heavy atom. The van der Waals surface area contributed by atoms with Crippen LogP contribution in [0.1, 0.15) is 27.2 Å². The second-order valence-electron chi connectivity index (χ2n) is 5.11. The van der Waals surface area contributed by atoms with E-state index >= 15 is 0 Å². The maximum atomic E-state index is 12.3. The Bertz CT molecular complexity index is 285. The van der Waals surface area contributed by atoms with E-state index in [1.54, 1.807) is 4.90 Å². The van der Waals surface area contributed by atoms with Gasteiger partial charge < -0.3 is 16.0 Å². The van der Waals surface area contributed by atoms with Gasteiger partial charge in [-0.15, -0.1) is 0 Å². The molecule has 5 nitrogen and oxygen atoms in total. The maximum Gasteiger partial charge on any atom is 0.237 e. The molecule has 1 rings (SSSR count). The Morgan fingerprint density at radius 1 is 1.41 bits per heavy atom. The van der Waals surface area contributed by atoms with E-state index < -0.39 is 5.91 Å². The summed E-state index contributed by atoms with van der Waals surface area (Å²) in [6, 6.07) is 0.108. The first kappa shape index (κ1) is 14.0. The van der Waals surface area contributed by atoms with Crippen molar-refractivity contribution >= 4 is 11.8 Å². The van der Waals surface area contributed by atoms with Crippen molar-refractivity contribution < 1.29 is 9.59 Å². The molecule has 3 N–H and O–H groups in total. The molecule has 0 aliphatic carbocycles. The number of amides is 2. The third kappa shape index (κ3) is 3.70. The summed E-state index contributed by atoms with van der Waals surface area (Å²) in [7, 11) is 0. The van der Waals surface area contributed by atoms with E-state index in [2.05, 4.69) is 5.32 Å². The monoisotopic (exact) mass is 241 g/mol. The zero-order valence-corrected chi connectivity index (χ0v) is 10.9. The van der Waals surface area contributed by atoms with Crippen molar-refractivity contribution in [3.63, 3.8) is 0 Å². The summed E-state index contributed by atoms with van der Waals surface area (Å²) >= 11 is 0. The first-order valence-electron chi connectivity index (χ1n) is 6.23. The van der Waals surface area contributed by atoms with Crippen LogP contribution in [0, 0.1) is 11.8 Å². The Morgan fingerprint density at radius 3 is 2.47 bits per heavy atom. The van der Waals surface area contributed by atoms with E-state index in [0.29, 0.717) is 0 Å². The van der Waals surface area contributed by atoms with Gasteiger partial charge >= 0.3 is 0 Å². The molecule has 1 saturated heterocycles. The number of nitrogens with one attached hydrogen (secondary N) is 1. The van der Waals surface area contributed by atoms with Gasteiger partial charge in [0.05, 0.1) is 6.54 Å². The summed E-state index contributed by atoms with van der Waals surface area (Å²) in [5.74, 6) is -0.212. The molecule has 0 aromatic rings. The molecule has 0 aromatic heterocycles. The van der Waals surface area contributed by atoms with Gasteiger partial charge in [0.15, 0.2) is 0 Å². The highest BCUT2D eigenvalue weighted by atomic mass is 16.2. The summed E-state index contributed by atoms with van der Waals surface area (Å²) in [6.45, 7) is 7.61. The largest absolute Gasteiger partial charge is 0.368 e. The average Bonchev–Trinajstić information content (AvgIpc) is 2.76. The van der Waals surface area contributed by atoms with E-state index in [9.17, 15) is 9.59 Å². The second-order valence-corrected chi connectivity index (χ2v) is 5.11. The Hall–Kier alpha value is -1.10. The smallest absolute Gasteiger partial charge is 0.237 e. The molecule has 2 amide bonds. The molecule has 0 spiro atoms.